The Morgan fingerprint density at radius 2 is 1.90 bits per heavy atom. The second kappa shape index (κ2) is 7.41. The lowest BCUT2D eigenvalue weighted by atomic mass is 9.85. The Morgan fingerprint density at radius 1 is 1.24 bits per heavy atom. The zero-order valence-electron chi connectivity index (χ0n) is 13.0. The molecule has 0 N–H and O–H groups in total. The zero-order valence-corrected chi connectivity index (χ0v) is 13.0. The van der Waals surface area contributed by atoms with Gasteiger partial charge in [-0.25, -0.2) is 0 Å². The van der Waals surface area contributed by atoms with Crippen molar-refractivity contribution in [3.63, 3.8) is 0 Å². The lowest BCUT2D eigenvalue weighted by Gasteiger charge is -2.26. The number of ketones is 1. The normalized spacial score (nSPS) is 22.8. The molecule has 0 aliphatic heterocycles. The zero-order chi connectivity index (χ0) is 15.2. The Morgan fingerprint density at radius 3 is 2.52 bits per heavy atom. The van der Waals surface area contributed by atoms with Gasteiger partial charge in [0.2, 0.25) is 0 Å². The summed E-state index contributed by atoms with van der Waals surface area (Å²) in [6.45, 7) is 4.72. The fraction of sp³-hybridized carbons (Fsp3) is 0.500. The molecule has 1 aliphatic rings. The van der Waals surface area contributed by atoms with Crippen LogP contribution in [0.4, 0.5) is 0 Å². The minimum atomic E-state index is -0.406. The first-order valence-electron chi connectivity index (χ1n) is 7.56. The van der Waals surface area contributed by atoms with Crippen LogP contribution in [0.15, 0.2) is 36.4 Å². The third kappa shape index (κ3) is 4.18. The number of allylic oxidation sites excluding steroid dienone is 2. The molecular formula is C18H24O3. The molecule has 0 saturated carbocycles. The molecule has 21 heavy (non-hydrogen) atoms. The van der Waals surface area contributed by atoms with Gasteiger partial charge in [0.25, 0.3) is 0 Å². The first-order valence-corrected chi connectivity index (χ1v) is 7.56. The van der Waals surface area contributed by atoms with E-state index < -0.39 is 6.10 Å². The average molecular weight is 288 g/mol. The Balaban J connectivity index is 1.88. The van der Waals surface area contributed by atoms with Gasteiger partial charge in [0.15, 0.2) is 5.78 Å². The molecule has 2 rings (SSSR count). The molecule has 0 radical (unpaired) electrons. The summed E-state index contributed by atoms with van der Waals surface area (Å²) in [6.07, 6.45) is 6.19. The highest BCUT2D eigenvalue weighted by atomic mass is 16.5. The molecule has 3 nitrogen and oxygen atoms in total. The number of carbonyl (C=O) groups excluding carboxylic acids is 1. The number of methoxy groups -OCH3 is 1. The molecule has 0 heterocycles. The van der Waals surface area contributed by atoms with E-state index in [-0.39, 0.29) is 5.78 Å². The van der Waals surface area contributed by atoms with Crippen molar-refractivity contribution in [1.82, 2.24) is 0 Å². The number of ether oxygens (including phenoxy) is 2. The lowest BCUT2D eigenvalue weighted by Crippen LogP contribution is -2.27. The Labute approximate surface area is 127 Å². The Bertz CT molecular complexity index is 490. The summed E-state index contributed by atoms with van der Waals surface area (Å²) < 4.78 is 10.9. The maximum atomic E-state index is 12.3. The standard InChI is InChI=1S/C18H24O3/c1-13-6-4-5-7-16(13)12-21-14(2)18(19)15-8-10-17(20-3)11-9-15/h4-5,8-11,13-14,16H,6-7,12H2,1-3H3. The third-order valence-corrected chi connectivity index (χ3v) is 4.22. The number of rotatable bonds is 6. The van der Waals surface area contributed by atoms with Gasteiger partial charge in [-0.15, -0.1) is 0 Å². The quantitative estimate of drug-likeness (QED) is 0.588. The molecule has 0 aromatic heterocycles. The van der Waals surface area contributed by atoms with Gasteiger partial charge < -0.3 is 9.47 Å². The molecule has 0 bridgehead atoms. The van der Waals surface area contributed by atoms with Crippen LogP contribution in [0.2, 0.25) is 0 Å². The maximum absolute atomic E-state index is 12.3. The van der Waals surface area contributed by atoms with E-state index in [1.54, 1.807) is 31.4 Å². The van der Waals surface area contributed by atoms with Crippen LogP contribution in [0, 0.1) is 11.8 Å². The number of Topliss-reactive ketones (excluding diaryl/α,β-unsaturated/α-hetero) is 1. The van der Waals surface area contributed by atoms with Crippen LogP contribution in [0.5, 0.6) is 5.75 Å². The first kappa shape index (κ1) is 15.8. The molecule has 1 aliphatic carbocycles. The van der Waals surface area contributed by atoms with Crippen molar-refractivity contribution in [2.45, 2.75) is 32.8 Å². The van der Waals surface area contributed by atoms with E-state index in [1.807, 2.05) is 6.92 Å². The van der Waals surface area contributed by atoms with Crippen LogP contribution in [0.3, 0.4) is 0 Å². The van der Waals surface area contributed by atoms with Gasteiger partial charge >= 0.3 is 0 Å². The van der Waals surface area contributed by atoms with Crippen molar-refractivity contribution in [3.05, 3.63) is 42.0 Å². The Hall–Kier alpha value is -1.61. The molecule has 114 valence electrons. The maximum Gasteiger partial charge on any atom is 0.191 e. The molecule has 3 atom stereocenters. The van der Waals surface area contributed by atoms with Crippen molar-refractivity contribution < 1.29 is 14.3 Å². The topological polar surface area (TPSA) is 35.5 Å². The summed E-state index contributed by atoms with van der Waals surface area (Å²) in [6, 6.07) is 7.17. The smallest absolute Gasteiger partial charge is 0.191 e. The fourth-order valence-electron chi connectivity index (χ4n) is 2.57. The van der Waals surface area contributed by atoms with Crippen molar-refractivity contribution >= 4 is 5.78 Å². The van der Waals surface area contributed by atoms with Gasteiger partial charge in [-0.3, -0.25) is 4.79 Å². The van der Waals surface area contributed by atoms with Crippen molar-refractivity contribution in [1.29, 1.82) is 0 Å². The van der Waals surface area contributed by atoms with Gasteiger partial charge in [-0.2, -0.15) is 0 Å². The predicted octanol–water partition coefficient (Wildman–Crippen LogP) is 3.89. The highest BCUT2D eigenvalue weighted by Gasteiger charge is 2.22. The summed E-state index contributed by atoms with van der Waals surface area (Å²) in [5.41, 5.74) is 0.667. The molecule has 3 unspecified atom stereocenters. The van der Waals surface area contributed by atoms with Gasteiger partial charge in [0.05, 0.1) is 13.7 Å². The summed E-state index contributed by atoms with van der Waals surface area (Å²) in [7, 11) is 1.61. The molecule has 1 aromatic rings. The largest absolute Gasteiger partial charge is 0.497 e. The van der Waals surface area contributed by atoms with E-state index >= 15 is 0 Å². The molecule has 0 saturated heterocycles. The monoisotopic (exact) mass is 288 g/mol. The van der Waals surface area contributed by atoms with Crippen LogP contribution in [-0.4, -0.2) is 25.6 Å². The van der Waals surface area contributed by atoms with E-state index in [9.17, 15) is 4.79 Å². The van der Waals surface area contributed by atoms with Crippen molar-refractivity contribution in [2.24, 2.45) is 11.8 Å². The van der Waals surface area contributed by atoms with Crippen LogP contribution in [0.1, 0.15) is 37.0 Å². The van der Waals surface area contributed by atoms with Crippen molar-refractivity contribution in [3.8, 4) is 5.75 Å². The van der Waals surface area contributed by atoms with Gasteiger partial charge in [0.1, 0.15) is 11.9 Å². The van der Waals surface area contributed by atoms with Crippen LogP contribution in [-0.2, 0) is 4.74 Å². The first-order chi connectivity index (χ1) is 10.1. The second-order valence-corrected chi connectivity index (χ2v) is 5.75. The van der Waals surface area contributed by atoms with Crippen LogP contribution in [0.25, 0.3) is 0 Å². The summed E-state index contributed by atoms with van der Waals surface area (Å²) in [5, 5.41) is 0. The molecule has 3 heteroatoms. The summed E-state index contributed by atoms with van der Waals surface area (Å²) in [5.74, 6) is 1.92. The van der Waals surface area contributed by atoms with Gasteiger partial charge in [-0.05, 0) is 55.9 Å². The van der Waals surface area contributed by atoms with E-state index in [0.29, 0.717) is 24.0 Å². The Kier molecular flexibility index (Phi) is 5.57. The molecule has 0 fully saturated rings. The van der Waals surface area contributed by atoms with E-state index in [0.717, 1.165) is 18.6 Å². The fourth-order valence-corrected chi connectivity index (χ4v) is 2.57. The number of hydrogen-bond donors (Lipinski definition) is 0. The van der Waals surface area contributed by atoms with Crippen LogP contribution >= 0.6 is 0 Å². The highest BCUT2D eigenvalue weighted by Crippen LogP contribution is 2.25. The average Bonchev–Trinajstić information content (AvgIpc) is 2.53. The molecular weight excluding hydrogens is 264 g/mol. The minimum Gasteiger partial charge on any atom is -0.497 e. The van der Waals surface area contributed by atoms with E-state index in [4.69, 9.17) is 9.47 Å². The van der Waals surface area contributed by atoms with Crippen LogP contribution < -0.4 is 4.74 Å². The van der Waals surface area contributed by atoms with E-state index in [2.05, 4.69) is 19.1 Å². The number of carbonyl (C=O) groups is 1. The van der Waals surface area contributed by atoms with Gasteiger partial charge in [0, 0.05) is 5.56 Å². The van der Waals surface area contributed by atoms with Gasteiger partial charge in [-0.1, -0.05) is 19.1 Å². The number of benzene rings is 1. The van der Waals surface area contributed by atoms with E-state index in [1.165, 1.54) is 0 Å². The molecule has 1 aromatic carbocycles. The SMILES string of the molecule is COc1ccc(C(=O)C(C)OCC2CC=CCC2C)cc1. The predicted molar refractivity (Wildman–Crippen MR) is 83.8 cm³/mol. The third-order valence-electron chi connectivity index (χ3n) is 4.22. The lowest BCUT2D eigenvalue weighted by molar-refractivity contribution is 0.0256. The second-order valence-electron chi connectivity index (χ2n) is 5.75. The molecule has 0 amide bonds. The summed E-state index contributed by atoms with van der Waals surface area (Å²) in [4.78, 5) is 12.3. The minimum absolute atomic E-state index is 0.0247. The molecule has 0 spiro atoms. The summed E-state index contributed by atoms with van der Waals surface area (Å²) >= 11 is 0. The van der Waals surface area contributed by atoms with Crippen molar-refractivity contribution in [2.75, 3.05) is 13.7 Å². The number of hydrogen-bond acceptors (Lipinski definition) is 3. The highest BCUT2D eigenvalue weighted by molar-refractivity contribution is 5.99.